The van der Waals surface area contributed by atoms with Crippen molar-refractivity contribution in [3.63, 3.8) is 0 Å². The second-order valence-electron chi connectivity index (χ2n) is 8.70. The van der Waals surface area contributed by atoms with Crippen LogP contribution < -0.4 is 4.90 Å². The first-order chi connectivity index (χ1) is 15.7. The molecule has 1 spiro atoms. The molecule has 2 aliphatic rings. The third-order valence-corrected chi connectivity index (χ3v) is 6.42. The van der Waals surface area contributed by atoms with E-state index in [0.29, 0.717) is 17.8 Å². The summed E-state index contributed by atoms with van der Waals surface area (Å²) in [5, 5.41) is 0.722. The van der Waals surface area contributed by atoms with E-state index in [1.54, 1.807) is 24.0 Å². The molecule has 0 fully saturated rings. The van der Waals surface area contributed by atoms with Gasteiger partial charge >= 0.3 is 17.7 Å². The molecule has 1 unspecified atom stereocenters. The van der Waals surface area contributed by atoms with Crippen LogP contribution in [0.1, 0.15) is 28.3 Å². The van der Waals surface area contributed by atoms with Gasteiger partial charge in [0.05, 0.1) is 5.56 Å². The van der Waals surface area contributed by atoms with Gasteiger partial charge in [-0.2, -0.15) is 0 Å². The Balaban J connectivity index is 1.76. The molecular weight excluding hydrogens is 424 g/mol. The Kier molecular flexibility index (Phi) is 4.66. The van der Waals surface area contributed by atoms with Crippen LogP contribution in [-0.4, -0.2) is 45.9 Å². The molecular formula is C24H24N4O5. The molecule has 33 heavy (non-hydrogen) atoms. The van der Waals surface area contributed by atoms with E-state index < -0.39 is 23.6 Å². The van der Waals surface area contributed by atoms with E-state index in [-0.39, 0.29) is 12.2 Å². The number of imidazole rings is 1. The molecule has 0 saturated heterocycles. The summed E-state index contributed by atoms with van der Waals surface area (Å²) in [7, 11) is 5.63. The van der Waals surface area contributed by atoms with E-state index in [4.69, 9.17) is 9.47 Å². The van der Waals surface area contributed by atoms with Gasteiger partial charge in [0.25, 0.3) is 0 Å². The Hall–Kier alpha value is -3.88. The Morgan fingerprint density at radius 2 is 1.85 bits per heavy atom. The zero-order chi connectivity index (χ0) is 23.5. The SMILES string of the molecule is Cc1nccn1CC1CC2(OC(=O)C=CC(=O)O2)c2c(c3cc(N(C)C)ccc3n2C)C1=O. The number of rotatable bonds is 3. The van der Waals surface area contributed by atoms with Crippen molar-refractivity contribution in [3.05, 3.63) is 59.8 Å². The van der Waals surface area contributed by atoms with Gasteiger partial charge in [0.15, 0.2) is 5.78 Å². The lowest BCUT2D eigenvalue weighted by atomic mass is 9.80. The minimum atomic E-state index is -1.72. The van der Waals surface area contributed by atoms with Gasteiger partial charge in [0, 0.05) is 81.2 Å². The Morgan fingerprint density at radius 3 is 2.45 bits per heavy atom. The van der Waals surface area contributed by atoms with E-state index in [0.717, 1.165) is 34.6 Å². The van der Waals surface area contributed by atoms with Gasteiger partial charge in [-0.05, 0) is 25.1 Å². The maximum Gasteiger partial charge on any atom is 0.334 e. The van der Waals surface area contributed by atoms with Crippen LogP contribution >= 0.6 is 0 Å². The lowest BCUT2D eigenvalue weighted by Gasteiger charge is -2.38. The van der Waals surface area contributed by atoms with Gasteiger partial charge in [0.1, 0.15) is 11.5 Å². The predicted molar refractivity (Wildman–Crippen MR) is 120 cm³/mol. The first-order valence-corrected chi connectivity index (χ1v) is 10.7. The highest BCUT2D eigenvalue weighted by Crippen LogP contribution is 2.47. The number of hydrogen-bond donors (Lipinski definition) is 0. The van der Waals surface area contributed by atoms with E-state index in [1.807, 2.05) is 48.7 Å². The molecule has 0 radical (unpaired) electrons. The topological polar surface area (TPSA) is 95.7 Å². The molecule has 1 aliphatic carbocycles. The highest BCUT2D eigenvalue weighted by molar-refractivity contribution is 6.12. The summed E-state index contributed by atoms with van der Waals surface area (Å²) >= 11 is 0. The van der Waals surface area contributed by atoms with Crippen molar-refractivity contribution < 1.29 is 23.9 Å². The maximum atomic E-state index is 13.9. The highest BCUT2D eigenvalue weighted by Gasteiger charge is 2.54. The molecule has 0 saturated carbocycles. The quantitative estimate of drug-likeness (QED) is 0.568. The predicted octanol–water partition coefficient (Wildman–Crippen LogP) is 2.46. The number of hydrogen-bond acceptors (Lipinski definition) is 7. The molecule has 3 heterocycles. The number of aromatic nitrogens is 3. The second kappa shape index (κ2) is 7.33. The van der Waals surface area contributed by atoms with Gasteiger partial charge in [-0.3, -0.25) is 4.79 Å². The fourth-order valence-corrected chi connectivity index (χ4v) is 4.84. The second-order valence-corrected chi connectivity index (χ2v) is 8.70. The minimum Gasteiger partial charge on any atom is -0.413 e. The van der Waals surface area contributed by atoms with Crippen molar-refractivity contribution in [1.29, 1.82) is 0 Å². The summed E-state index contributed by atoms with van der Waals surface area (Å²) in [6.45, 7) is 2.17. The molecule has 1 atom stereocenters. The summed E-state index contributed by atoms with van der Waals surface area (Å²) in [4.78, 5) is 45.0. The monoisotopic (exact) mass is 448 g/mol. The third-order valence-electron chi connectivity index (χ3n) is 6.42. The summed E-state index contributed by atoms with van der Waals surface area (Å²) in [6.07, 6.45) is 5.58. The Labute approximate surface area is 190 Å². The molecule has 1 aromatic carbocycles. The molecule has 3 aromatic rings. The van der Waals surface area contributed by atoms with Crippen LogP contribution in [0.2, 0.25) is 0 Å². The molecule has 9 nitrogen and oxygen atoms in total. The molecule has 2 aromatic heterocycles. The number of aryl methyl sites for hydroxylation is 2. The molecule has 5 rings (SSSR count). The largest absolute Gasteiger partial charge is 0.413 e. The minimum absolute atomic E-state index is 0.0142. The fraction of sp³-hybridized carbons (Fsp3) is 0.333. The van der Waals surface area contributed by atoms with E-state index in [2.05, 4.69) is 4.98 Å². The number of esters is 2. The Bertz CT molecular complexity index is 1330. The average molecular weight is 448 g/mol. The van der Waals surface area contributed by atoms with Crippen LogP contribution in [0.4, 0.5) is 5.69 Å². The van der Waals surface area contributed by atoms with Gasteiger partial charge in [-0.15, -0.1) is 0 Å². The van der Waals surface area contributed by atoms with Gasteiger partial charge in [0.2, 0.25) is 0 Å². The first kappa shape index (κ1) is 21.0. The Morgan fingerprint density at radius 1 is 1.15 bits per heavy atom. The summed E-state index contributed by atoms with van der Waals surface area (Å²) in [5.74, 6) is -3.04. The summed E-state index contributed by atoms with van der Waals surface area (Å²) < 4.78 is 15.2. The smallest absolute Gasteiger partial charge is 0.334 e. The normalized spacial score (nSPS) is 19.4. The van der Waals surface area contributed by atoms with E-state index in [9.17, 15) is 14.4 Å². The highest BCUT2D eigenvalue weighted by atomic mass is 16.7. The van der Waals surface area contributed by atoms with Gasteiger partial charge < -0.3 is 23.5 Å². The average Bonchev–Trinajstić information content (AvgIpc) is 3.26. The van der Waals surface area contributed by atoms with E-state index in [1.165, 1.54) is 0 Å². The number of ether oxygens (including phenoxy) is 2. The van der Waals surface area contributed by atoms with Crippen molar-refractivity contribution in [1.82, 2.24) is 14.1 Å². The van der Waals surface area contributed by atoms with Crippen LogP contribution in [0.25, 0.3) is 10.9 Å². The van der Waals surface area contributed by atoms with Crippen LogP contribution in [0, 0.1) is 12.8 Å². The standard InChI is InChI=1S/C24H24N4O5/c1-14-25-9-10-28(14)13-15-12-24(32-19(29)7-8-20(30)33-24)23-21(22(15)31)17-11-16(26(2)3)5-6-18(17)27(23)4/h5-11,15H,12-13H2,1-4H3. The van der Waals surface area contributed by atoms with Crippen molar-refractivity contribution in [2.75, 3.05) is 19.0 Å². The van der Waals surface area contributed by atoms with Crippen LogP contribution in [0.5, 0.6) is 0 Å². The van der Waals surface area contributed by atoms with Crippen LogP contribution in [0.15, 0.2) is 42.7 Å². The third kappa shape index (κ3) is 3.23. The number of fused-ring (bicyclic) bond motifs is 4. The molecule has 1 aliphatic heterocycles. The lowest BCUT2D eigenvalue weighted by molar-refractivity contribution is -0.235. The molecule has 0 N–H and O–H groups in total. The van der Waals surface area contributed by atoms with Crippen molar-refractivity contribution >= 4 is 34.3 Å². The van der Waals surface area contributed by atoms with Crippen molar-refractivity contribution in [2.24, 2.45) is 13.0 Å². The maximum absolute atomic E-state index is 13.9. The summed E-state index contributed by atoms with van der Waals surface area (Å²) in [5.41, 5.74) is 2.49. The number of ketones is 1. The molecule has 170 valence electrons. The van der Waals surface area contributed by atoms with Crippen LogP contribution in [0.3, 0.4) is 0 Å². The van der Waals surface area contributed by atoms with Crippen LogP contribution in [-0.2, 0) is 38.4 Å². The van der Waals surface area contributed by atoms with E-state index >= 15 is 0 Å². The first-order valence-electron chi connectivity index (χ1n) is 10.7. The lowest BCUT2D eigenvalue weighted by Crippen LogP contribution is -2.46. The zero-order valence-corrected chi connectivity index (χ0v) is 18.9. The molecule has 0 amide bonds. The van der Waals surface area contributed by atoms with Gasteiger partial charge in [-0.1, -0.05) is 0 Å². The number of Topliss-reactive ketones (excluding diaryl/α,β-unsaturated/α-hetero) is 1. The van der Waals surface area contributed by atoms with Crippen molar-refractivity contribution in [3.8, 4) is 0 Å². The molecule has 0 bridgehead atoms. The zero-order valence-electron chi connectivity index (χ0n) is 18.9. The fourth-order valence-electron chi connectivity index (χ4n) is 4.84. The number of carbonyl (C=O) groups is 3. The number of nitrogens with zero attached hydrogens (tertiary/aromatic N) is 4. The number of carbonyl (C=O) groups excluding carboxylic acids is 3. The summed E-state index contributed by atoms with van der Waals surface area (Å²) in [6, 6.07) is 5.80. The van der Waals surface area contributed by atoms with Gasteiger partial charge in [-0.25, -0.2) is 14.6 Å². The number of benzene rings is 1. The molecule has 9 heteroatoms. The van der Waals surface area contributed by atoms with Crippen molar-refractivity contribution in [2.45, 2.75) is 25.7 Å². The number of anilines is 1.